The lowest BCUT2D eigenvalue weighted by Crippen LogP contribution is -2.20. The number of rotatable bonds is 5. The van der Waals surface area contributed by atoms with Gasteiger partial charge in [0.25, 0.3) is 0 Å². The lowest BCUT2D eigenvalue weighted by atomic mass is 10.1. The van der Waals surface area contributed by atoms with Crippen molar-refractivity contribution in [2.45, 2.75) is 6.54 Å². The first kappa shape index (κ1) is 15.4. The summed E-state index contributed by atoms with van der Waals surface area (Å²) in [7, 11) is 0. The number of pyridine rings is 1. The van der Waals surface area contributed by atoms with Gasteiger partial charge in [0.15, 0.2) is 0 Å². The molecule has 0 atom stereocenters. The van der Waals surface area contributed by atoms with Crippen LogP contribution >= 0.6 is 0 Å². The van der Waals surface area contributed by atoms with Crippen LogP contribution in [0.4, 0.5) is 4.39 Å². The Morgan fingerprint density at radius 1 is 1.27 bits per heavy atom. The topological polar surface area (TPSA) is 79.3 Å². The van der Waals surface area contributed by atoms with Crippen LogP contribution in [-0.4, -0.2) is 22.0 Å². The number of aromatic carboxylic acids is 1. The molecule has 1 amide bonds. The van der Waals surface area contributed by atoms with E-state index in [1.54, 1.807) is 12.1 Å². The van der Waals surface area contributed by atoms with E-state index in [-0.39, 0.29) is 18.0 Å². The van der Waals surface area contributed by atoms with Crippen LogP contribution in [0.5, 0.6) is 0 Å². The molecule has 2 rings (SSSR count). The van der Waals surface area contributed by atoms with Crippen LogP contribution in [0.2, 0.25) is 0 Å². The molecule has 2 aromatic rings. The number of aromatic nitrogens is 1. The average molecular weight is 300 g/mol. The van der Waals surface area contributed by atoms with Crippen LogP contribution in [-0.2, 0) is 11.3 Å². The maximum atomic E-state index is 12.9. The van der Waals surface area contributed by atoms with E-state index < -0.39 is 11.8 Å². The average Bonchev–Trinajstić information content (AvgIpc) is 2.51. The van der Waals surface area contributed by atoms with Gasteiger partial charge in [-0.05, 0) is 35.4 Å². The van der Waals surface area contributed by atoms with Crippen molar-refractivity contribution in [1.82, 2.24) is 10.3 Å². The second-order valence-electron chi connectivity index (χ2n) is 4.49. The van der Waals surface area contributed by atoms with E-state index in [0.717, 1.165) is 6.20 Å². The molecule has 0 unspecified atom stereocenters. The highest BCUT2D eigenvalue weighted by molar-refractivity contribution is 5.91. The Balaban J connectivity index is 1.93. The fourth-order valence-electron chi connectivity index (χ4n) is 1.75. The molecule has 112 valence electrons. The fraction of sp³-hybridized carbons (Fsp3) is 0.0625. The van der Waals surface area contributed by atoms with Crippen LogP contribution in [0.3, 0.4) is 0 Å². The number of carboxylic acids is 1. The van der Waals surface area contributed by atoms with Gasteiger partial charge in [0.05, 0.1) is 11.8 Å². The third-order valence-corrected chi connectivity index (χ3v) is 2.79. The van der Waals surface area contributed by atoms with E-state index in [9.17, 15) is 14.0 Å². The number of halogens is 1. The van der Waals surface area contributed by atoms with Gasteiger partial charge >= 0.3 is 5.97 Å². The highest BCUT2D eigenvalue weighted by Crippen LogP contribution is 2.06. The molecule has 1 aromatic carbocycles. The zero-order valence-corrected chi connectivity index (χ0v) is 11.5. The van der Waals surface area contributed by atoms with E-state index in [2.05, 4.69) is 10.3 Å². The van der Waals surface area contributed by atoms with Crippen molar-refractivity contribution in [3.05, 3.63) is 71.3 Å². The quantitative estimate of drug-likeness (QED) is 0.830. The Hall–Kier alpha value is -3.02. The third-order valence-electron chi connectivity index (χ3n) is 2.79. The molecule has 2 N–H and O–H groups in total. The van der Waals surface area contributed by atoms with Crippen molar-refractivity contribution in [3.8, 4) is 0 Å². The summed E-state index contributed by atoms with van der Waals surface area (Å²) >= 11 is 0. The zero-order chi connectivity index (χ0) is 15.9. The lowest BCUT2D eigenvalue weighted by Gasteiger charge is -2.03. The Bertz CT molecular complexity index is 729. The first-order valence-corrected chi connectivity index (χ1v) is 6.43. The summed E-state index contributed by atoms with van der Waals surface area (Å²) in [6, 6.07) is 7.55. The molecule has 0 aliphatic rings. The number of carboxylic acid groups (broad SMARTS) is 1. The minimum atomic E-state index is -1.02. The van der Waals surface area contributed by atoms with Gasteiger partial charge in [0.1, 0.15) is 5.82 Å². The van der Waals surface area contributed by atoms with E-state index in [1.807, 2.05) is 0 Å². The maximum Gasteiger partial charge on any atom is 0.335 e. The van der Waals surface area contributed by atoms with Crippen molar-refractivity contribution < 1.29 is 19.1 Å². The summed E-state index contributed by atoms with van der Waals surface area (Å²) in [5.74, 6) is -1.87. The number of amides is 1. The summed E-state index contributed by atoms with van der Waals surface area (Å²) < 4.78 is 12.9. The standard InChI is InChI=1S/C16H13FN2O3/c17-14-7-12(8-18-10-14)4-5-15(20)19-9-11-2-1-3-13(6-11)16(21)22/h1-8,10H,9H2,(H,19,20)(H,21,22). The molecule has 1 aromatic heterocycles. The van der Waals surface area contributed by atoms with Crippen LogP contribution in [0.15, 0.2) is 48.8 Å². The smallest absolute Gasteiger partial charge is 0.335 e. The number of nitrogens with one attached hydrogen (secondary N) is 1. The number of hydrogen-bond donors (Lipinski definition) is 2. The first-order valence-electron chi connectivity index (χ1n) is 6.43. The van der Waals surface area contributed by atoms with E-state index in [4.69, 9.17) is 5.11 Å². The number of carbonyl (C=O) groups excluding carboxylic acids is 1. The predicted octanol–water partition coefficient (Wildman–Crippen LogP) is 2.25. The Kier molecular flexibility index (Phi) is 4.98. The Labute approximate surface area is 126 Å². The van der Waals surface area contributed by atoms with Gasteiger partial charge in [0.2, 0.25) is 5.91 Å². The van der Waals surface area contributed by atoms with Crippen LogP contribution in [0.25, 0.3) is 6.08 Å². The minimum absolute atomic E-state index is 0.160. The summed E-state index contributed by atoms with van der Waals surface area (Å²) in [6.07, 6.45) is 5.21. The largest absolute Gasteiger partial charge is 0.478 e. The Morgan fingerprint density at radius 2 is 2.09 bits per heavy atom. The van der Waals surface area contributed by atoms with Gasteiger partial charge < -0.3 is 10.4 Å². The molecule has 22 heavy (non-hydrogen) atoms. The molecule has 0 bridgehead atoms. The van der Waals surface area contributed by atoms with Gasteiger partial charge in [-0.3, -0.25) is 9.78 Å². The van der Waals surface area contributed by atoms with Gasteiger partial charge in [0, 0.05) is 18.8 Å². The number of hydrogen-bond acceptors (Lipinski definition) is 3. The zero-order valence-electron chi connectivity index (χ0n) is 11.5. The van der Waals surface area contributed by atoms with E-state index >= 15 is 0 Å². The van der Waals surface area contributed by atoms with Crippen molar-refractivity contribution >= 4 is 18.0 Å². The van der Waals surface area contributed by atoms with Gasteiger partial charge in [-0.2, -0.15) is 0 Å². The highest BCUT2D eigenvalue weighted by Gasteiger charge is 2.03. The van der Waals surface area contributed by atoms with Gasteiger partial charge in [-0.25, -0.2) is 9.18 Å². The highest BCUT2D eigenvalue weighted by atomic mass is 19.1. The summed E-state index contributed by atoms with van der Waals surface area (Å²) in [5, 5.41) is 11.5. The normalized spacial score (nSPS) is 10.6. The lowest BCUT2D eigenvalue weighted by molar-refractivity contribution is -0.116. The fourth-order valence-corrected chi connectivity index (χ4v) is 1.75. The monoisotopic (exact) mass is 300 g/mol. The summed E-state index contributed by atoms with van der Waals surface area (Å²) in [4.78, 5) is 26.2. The Morgan fingerprint density at radius 3 is 2.82 bits per heavy atom. The molecule has 0 spiro atoms. The number of nitrogens with zero attached hydrogens (tertiary/aromatic N) is 1. The minimum Gasteiger partial charge on any atom is -0.478 e. The summed E-state index contributed by atoms with van der Waals surface area (Å²) in [5.41, 5.74) is 1.31. The molecule has 6 heteroatoms. The van der Waals surface area contributed by atoms with Crippen LogP contribution in [0.1, 0.15) is 21.5 Å². The third kappa shape index (κ3) is 4.52. The van der Waals surface area contributed by atoms with Gasteiger partial charge in [-0.15, -0.1) is 0 Å². The molecule has 0 fully saturated rings. The maximum absolute atomic E-state index is 12.9. The number of benzene rings is 1. The number of carbonyl (C=O) groups is 2. The van der Waals surface area contributed by atoms with Crippen molar-refractivity contribution in [3.63, 3.8) is 0 Å². The molecular formula is C16H13FN2O3. The SMILES string of the molecule is O=C(C=Cc1cncc(F)c1)NCc1cccc(C(=O)O)c1. The molecular weight excluding hydrogens is 287 g/mol. The molecule has 0 aliphatic heterocycles. The molecule has 1 heterocycles. The van der Waals surface area contributed by atoms with E-state index in [1.165, 1.54) is 36.5 Å². The molecule has 0 saturated heterocycles. The second-order valence-corrected chi connectivity index (χ2v) is 4.49. The summed E-state index contributed by atoms with van der Waals surface area (Å²) in [6.45, 7) is 0.200. The van der Waals surface area contributed by atoms with Crippen LogP contribution < -0.4 is 5.32 Å². The van der Waals surface area contributed by atoms with Crippen LogP contribution in [0, 0.1) is 5.82 Å². The van der Waals surface area contributed by atoms with E-state index in [0.29, 0.717) is 11.1 Å². The second kappa shape index (κ2) is 7.12. The molecule has 0 radical (unpaired) electrons. The molecule has 0 aliphatic carbocycles. The van der Waals surface area contributed by atoms with Crippen molar-refractivity contribution in [2.24, 2.45) is 0 Å². The molecule has 0 saturated carbocycles. The first-order chi connectivity index (χ1) is 10.5. The van der Waals surface area contributed by atoms with Crippen molar-refractivity contribution in [1.29, 1.82) is 0 Å². The van der Waals surface area contributed by atoms with Gasteiger partial charge in [-0.1, -0.05) is 12.1 Å². The molecule has 5 nitrogen and oxygen atoms in total. The van der Waals surface area contributed by atoms with Crippen molar-refractivity contribution in [2.75, 3.05) is 0 Å². The predicted molar refractivity (Wildman–Crippen MR) is 78.5 cm³/mol.